The van der Waals surface area contributed by atoms with Crippen molar-refractivity contribution in [3.05, 3.63) is 48.3 Å². The second-order valence-corrected chi connectivity index (χ2v) is 4.78. The van der Waals surface area contributed by atoms with Crippen LogP contribution in [0, 0.1) is 0 Å². The molecule has 6 heteroatoms. The van der Waals surface area contributed by atoms with Crippen LogP contribution in [0.25, 0.3) is 11.3 Å². The van der Waals surface area contributed by atoms with Gasteiger partial charge in [0.05, 0.1) is 19.0 Å². The van der Waals surface area contributed by atoms with Gasteiger partial charge in [-0.1, -0.05) is 29.5 Å². The van der Waals surface area contributed by atoms with Gasteiger partial charge in [-0.05, 0) is 24.1 Å². The van der Waals surface area contributed by atoms with E-state index < -0.39 is 0 Å². The van der Waals surface area contributed by atoms with Gasteiger partial charge < -0.3 is 9.64 Å². The zero-order valence-corrected chi connectivity index (χ0v) is 11.8. The summed E-state index contributed by atoms with van der Waals surface area (Å²) in [6.45, 7) is 1.18. The summed E-state index contributed by atoms with van der Waals surface area (Å²) in [6.07, 6.45) is 4.37. The summed E-state index contributed by atoms with van der Waals surface area (Å²) in [6, 6.07) is 9.85. The molecule has 1 amide bonds. The molecule has 2 aromatic rings. The van der Waals surface area contributed by atoms with E-state index >= 15 is 0 Å². The van der Waals surface area contributed by atoms with Gasteiger partial charge in [-0.3, -0.25) is 0 Å². The van der Waals surface area contributed by atoms with Crippen LogP contribution in [0.3, 0.4) is 0 Å². The maximum atomic E-state index is 11.4. The molecule has 0 atom stereocenters. The molecule has 1 aliphatic rings. The standard InChI is InChI=1S/C15H16N4O2/c1-21-15(20)18-9-7-12(8-10-18)14-11-19(17-16-14)13-5-3-2-4-6-13/h2-7,11H,8-10H2,1H3. The largest absolute Gasteiger partial charge is 0.453 e. The maximum Gasteiger partial charge on any atom is 0.409 e. The summed E-state index contributed by atoms with van der Waals surface area (Å²) in [5, 5.41) is 8.37. The summed E-state index contributed by atoms with van der Waals surface area (Å²) >= 11 is 0. The Bertz CT molecular complexity index is 663. The van der Waals surface area contributed by atoms with Gasteiger partial charge >= 0.3 is 6.09 Å². The summed E-state index contributed by atoms with van der Waals surface area (Å²) in [5.74, 6) is 0. The first-order chi connectivity index (χ1) is 10.3. The average Bonchev–Trinajstić information content (AvgIpc) is 3.05. The van der Waals surface area contributed by atoms with Crippen molar-refractivity contribution in [2.45, 2.75) is 6.42 Å². The lowest BCUT2D eigenvalue weighted by atomic mass is 10.1. The van der Waals surface area contributed by atoms with E-state index in [0.717, 1.165) is 23.4 Å². The Labute approximate surface area is 122 Å². The molecular weight excluding hydrogens is 268 g/mol. The van der Waals surface area contributed by atoms with Crippen LogP contribution in [0.2, 0.25) is 0 Å². The molecule has 0 bridgehead atoms. The number of para-hydroxylation sites is 1. The number of rotatable bonds is 2. The third-order valence-electron chi connectivity index (χ3n) is 3.49. The lowest BCUT2D eigenvalue weighted by Gasteiger charge is -2.24. The highest BCUT2D eigenvalue weighted by Crippen LogP contribution is 2.21. The monoisotopic (exact) mass is 284 g/mol. The number of nitrogens with zero attached hydrogens (tertiary/aromatic N) is 4. The Morgan fingerprint density at radius 2 is 2.10 bits per heavy atom. The van der Waals surface area contributed by atoms with Crippen molar-refractivity contribution < 1.29 is 9.53 Å². The van der Waals surface area contributed by atoms with Crippen LogP contribution in [0.1, 0.15) is 12.1 Å². The van der Waals surface area contributed by atoms with Crippen molar-refractivity contribution >= 4 is 11.7 Å². The first kappa shape index (κ1) is 13.4. The zero-order valence-electron chi connectivity index (χ0n) is 11.8. The minimum Gasteiger partial charge on any atom is -0.453 e. The fourth-order valence-corrected chi connectivity index (χ4v) is 2.31. The van der Waals surface area contributed by atoms with Crippen molar-refractivity contribution in [1.29, 1.82) is 0 Å². The number of benzene rings is 1. The summed E-state index contributed by atoms with van der Waals surface area (Å²) in [5.41, 5.74) is 2.93. The summed E-state index contributed by atoms with van der Waals surface area (Å²) in [4.78, 5) is 13.1. The van der Waals surface area contributed by atoms with Crippen molar-refractivity contribution in [1.82, 2.24) is 19.9 Å². The van der Waals surface area contributed by atoms with E-state index in [1.54, 1.807) is 9.58 Å². The highest BCUT2D eigenvalue weighted by Gasteiger charge is 2.19. The first-order valence-corrected chi connectivity index (χ1v) is 6.78. The second-order valence-electron chi connectivity index (χ2n) is 4.78. The number of hydrogen-bond acceptors (Lipinski definition) is 4. The lowest BCUT2D eigenvalue weighted by molar-refractivity contribution is 0.128. The van der Waals surface area contributed by atoms with Gasteiger partial charge in [0.1, 0.15) is 5.69 Å². The number of methoxy groups -OCH3 is 1. The second kappa shape index (κ2) is 5.78. The molecule has 0 radical (unpaired) electrons. The van der Waals surface area contributed by atoms with Gasteiger partial charge in [-0.15, -0.1) is 5.10 Å². The van der Waals surface area contributed by atoms with Crippen LogP contribution in [0.15, 0.2) is 42.6 Å². The molecule has 108 valence electrons. The third kappa shape index (κ3) is 2.79. The number of hydrogen-bond donors (Lipinski definition) is 0. The SMILES string of the molecule is COC(=O)N1CC=C(c2cn(-c3ccccc3)nn2)CC1. The number of ether oxygens (including phenoxy) is 1. The van der Waals surface area contributed by atoms with E-state index in [9.17, 15) is 4.79 Å². The molecule has 0 N–H and O–H groups in total. The Kier molecular flexibility index (Phi) is 3.68. The molecule has 21 heavy (non-hydrogen) atoms. The van der Waals surface area contributed by atoms with E-state index in [1.165, 1.54) is 7.11 Å². The van der Waals surface area contributed by atoms with Gasteiger partial charge in [0.15, 0.2) is 0 Å². The quantitative estimate of drug-likeness (QED) is 0.847. The molecule has 6 nitrogen and oxygen atoms in total. The minimum absolute atomic E-state index is 0.293. The highest BCUT2D eigenvalue weighted by molar-refractivity contribution is 5.71. The minimum atomic E-state index is -0.293. The normalized spacial score (nSPS) is 14.7. The Morgan fingerprint density at radius 3 is 2.76 bits per heavy atom. The van der Waals surface area contributed by atoms with E-state index in [1.807, 2.05) is 42.6 Å². The van der Waals surface area contributed by atoms with Gasteiger partial charge in [0, 0.05) is 13.1 Å². The molecule has 0 saturated heterocycles. The molecule has 0 saturated carbocycles. The molecule has 1 aromatic carbocycles. The first-order valence-electron chi connectivity index (χ1n) is 6.78. The molecule has 0 unspecified atom stereocenters. The number of amides is 1. The molecule has 2 heterocycles. The van der Waals surface area contributed by atoms with E-state index in [2.05, 4.69) is 10.3 Å². The molecular formula is C15H16N4O2. The van der Waals surface area contributed by atoms with Gasteiger partial charge in [-0.25, -0.2) is 9.48 Å². The van der Waals surface area contributed by atoms with Gasteiger partial charge in [-0.2, -0.15) is 0 Å². The van der Waals surface area contributed by atoms with Crippen molar-refractivity contribution in [2.75, 3.05) is 20.2 Å². The van der Waals surface area contributed by atoms with Crippen LogP contribution in [-0.4, -0.2) is 46.2 Å². The predicted octanol–water partition coefficient (Wildman–Crippen LogP) is 2.12. The van der Waals surface area contributed by atoms with E-state index in [4.69, 9.17) is 4.74 Å². The van der Waals surface area contributed by atoms with Crippen LogP contribution >= 0.6 is 0 Å². The van der Waals surface area contributed by atoms with E-state index in [0.29, 0.717) is 13.1 Å². The Balaban J connectivity index is 1.76. The van der Waals surface area contributed by atoms with Crippen LogP contribution in [-0.2, 0) is 4.74 Å². The van der Waals surface area contributed by atoms with Crippen LogP contribution in [0.5, 0.6) is 0 Å². The zero-order chi connectivity index (χ0) is 14.7. The third-order valence-corrected chi connectivity index (χ3v) is 3.49. The number of carbonyl (C=O) groups is 1. The molecule has 0 fully saturated rings. The average molecular weight is 284 g/mol. The Hall–Kier alpha value is -2.63. The van der Waals surface area contributed by atoms with Crippen LogP contribution in [0.4, 0.5) is 4.79 Å². The van der Waals surface area contributed by atoms with Gasteiger partial charge in [0.2, 0.25) is 0 Å². The fraction of sp³-hybridized carbons (Fsp3) is 0.267. The highest BCUT2D eigenvalue weighted by atomic mass is 16.5. The van der Waals surface area contributed by atoms with Gasteiger partial charge in [0.25, 0.3) is 0 Å². The van der Waals surface area contributed by atoms with Crippen molar-refractivity contribution in [3.63, 3.8) is 0 Å². The van der Waals surface area contributed by atoms with E-state index in [-0.39, 0.29) is 6.09 Å². The maximum absolute atomic E-state index is 11.4. The van der Waals surface area contributed by atoms with Crippen LogP contribution < -0.4 is 0 Å². The number of aromatic nitrogens is 3. The predicted molar refractivity (Wildman–Crippen MR) is 77.9 cm³/mol. The molecule has 3 rings (SSSR count). The van der Waals surface area contributed by atoms with Crippen molar-refractivity contribution in [3.8, 4) is 5.69 Å². The number of carbonyl (C=O) groups excluding carboxylic acids is 1. The summed E-state index contributed by atoms with van der Waals surface area (Å²) in [7, 11) is 1.40. The lowest BCUT2D eigenvalue weighted by Crippen LogP contribution is -2.34. The smallest absolute Gasteiger partial charge is 0.409 e. The molecule has 1 aromatic heterocycles. The van der Waals surface area contributed by atoms with Crippen molar-refractivity contribution in [2.24, 2.45) is 0 Å². The molecule has 1 aliphatic heterocycles. The fourth-order valence-electron chi connectivity index (χ4n) is 2.31. The summed E-state index contributed by atoms with van der Waals surface area (Å²) < 4.78 is 6.47. The molecule has 0 aliphatic carbocycles. The molecule has 0 spiro atoms. The Morgan fingerprint density at radius 1 is 1.29 bits per heavy atom. The topological polar surface area (TPSA) is 60.2 Å².